The lowest BCUT2D eigenvalue weighted by Gasteiger charge is -2.33. The zero-order chi connectivity index (χ0) is 10.0. The molecule has 14 heavy (non-hydrogen) atoms. The van der Waals surface area contributed by atoms with Gasteiger partial charge in [-0.3, -0.25) is 4.68 Å². The monoisotopic (exact) mass is 192 g/mol. The molecule has 0 radical (unpaired) electrons. The van der Waals surface area contributed by atoms with Crippen LogP contribution in [0, 0.1) is 0 Å². The van der Waals surface area contributed by atoms with Gasteiger partial charge in [0, 0.05) is 6.20 Å². The molecule has 1 aliphatic rings. The minimum atomic E-state index is 0.297. The van der Waals surface area contributed by atoms with Crippen molar-refractivity contribution in [2.45, 2.75) is 57.9 Å². The molecule has 1 heterocycles. The van der Waals surface area contributed by atoms with Gasteiger partial charge in [-0.05, 0) is 31.7 Å². The molecule has 0 unspecified atom stereocenters. The summed E-state index contributed by atoms with van der Waals surface area (Å²) in [5.74, 6) is 0. The van der Waals surface area contributed by atoms with Crippen molar-refractivity contribution in [3.05, 3.63) is 18.0 Å². The highest BCUT2D eigenvalue weighted by Gasteiger charge is 2.29. The molecular formula is C12H20N2. The Kier molecular flexibility index (Phi) is 2.62. The average Bonchev–Trinajstić information content (AvgIpc) is 2.67. The van der Waals surface area contributed by atoms with Crippen molar-refractivity contribution in [3.8, 4) is 0 Å². The van der Waals surface area contributed by atoms with Gasteiger partial charge in [-0.2, -0.15) is 5.10 Å². The Balaban J connectivity index is 2.19. The maximum absolute atomic E-state index is 4.50. The lowest BCUT2D eigenvalue weighted by molar-refractivity contribution is 0.198. The summed E-state index contributed by atoms with van der Waals surface area (Å²) in [6.45, 7) is 4.53. The Bertz CT molecular complexity index is 295. The lowest BCUT2D eigenvalue weighted by atomic mass is 9.83. The molecule has 0 atom stereocenters. The van der Waals surface area contributed by atoms with Gasteiger partial charge in [0.25, 0.3) is 0 Å². The fourth-order valence-corrected chi connectivity index (χ4v) is 2.38. The summed E-state index contributed by atoms with van der Waals surface area (Å²) in [5, 5.41) is 4.50. The number of rotatable bonds is 2. The van der Waals surface area contributed by atoms with Crippen LogP contribution in [0.3, 0.4) is 0 Å². The van der Waals surface area contributed by atoms with Crippen LogP contribution in [0.1, 0.15) is 51.5 Å². The molecule has 1 aromatic rings. The lowest BCUT2D eigenvalue weighted by Crippen LogP contribution is -2.32. The van der Waals surface area contributed by atoms with Gasteiger partial charge < -0.3 is 0 Å². The number of hydrogen-bond acceptors (Lipinski definition) is 1. The summed E-state index contributed by atoms with van der Waals surface area (Å²) in [6, 6.07) is 0. The van der Waals surface area contributed by atoms with E-state index < -0.39 is 0 Å². The molecule has 1 aromatic heterocycles. The molecule has 0 aliphatic heterocycles. The number of hydrogen-bond donors (Lipinski definition) is 0. The Morgan fingerprint density at radius 3 is 2.64 bits per heavy atom. The Hall–Kier alpha value is -0.790. The van der Waals surface area contributed by atoms with Crippen molar-refractivity contribution in [1.82, 2.24) is 9.78 Å². The zero-order valence-electron chi connectivity index (χ0n) is 9.29. The second-order valence-corrected chi connectivity index (χ2v) is 4.70. The molecule has 0 saturated heterocycles. The summed E-state index contributed by atoms with van der Waals surface area (Å²) in [4.78, 5) is 0. The topological polar surface area (TPSA) is 17.8 Å². The molecule has 0 amide bonds. The minimum Gasteiger partial charge on any atom is -0.267 e. The normalized spacial score (nSPS) is 21.0. The van der Waals surface area contributed by atoms with E-state index in [4.69, 9.17) is 0 Å². The Morgan fingerprint density at radius 1 is 1.36 bits per heavy atom. The van der Waals surface area contributed by atoms with Crippen molar-refractivity contribution >= 4 is 0 Å². The maximum Gasteiger partial charge on any atom is 0.0599 e. The predicted octanol–water partition coefficient (Wildman–Crippen LogP) is 3.12. The van der Waals surface area contributed by atoms with Crippen molar-refractivity contribution in [2.75, 3.05) is 0 Å². The fraction of sp³-hybridized carbons (Fsp3) is 0.750. The van der Waals surface area contributed by atoms with Gasteiger partial charge in [-0.25, -0.2) is 0 Å². The molecule has 1 fully saturated rings. The van der Waals surface area contributed by atoms with Crippen molar-refractivity contribution in [1.29, 1.82) is 0 Å². The largest absolute Gasteiger partial charge is 0.267 e. The fourth-order valence-electron chi connectivity index (χ4n) is 2.38. The zero-order valence-corrected chi connectivity index (χ0v) is 9.29. The van der Waals surface area contributed by atoms with Gasteiger partial charge in [0.1, 0.15) is 0 Å². The molecule has 1 saturated carbocycles. The van der Waals surface area contributed by atoms with E-state index in [1.54, 1.807) is 0 Å². The molecule has 0 spiro atoms. The molecular weight excluding hydrogens is 172 g/mol. The predicted molar refractivity (Wildman–Crippen MR) is 58.3 cm³/mol. The van der Waals surface area contributed by atoms with Crippen molar-refractivity contribution < 1.29 is 0 Å². The van der Waals surface area contributed by atoms with E-state index in [-0.39, 0.29) is 0 Å². The first-order chi connectivity index (χ1) is 6.74. The summed E-state index contributed by atoms with van der Waals surface area (Å²) >= 11 is 0. The molecule has 2 nitrogen and oxygen atoms in total. The van der Waals surface area contributed by atoms with Gasteiger partial charge in [0.2, 0.25) is 0 Å². The first kappa shape index (κ1) is 9.75. The van der Waals surface area contributed by atoms with Crippen LogP contribution >= 0.6 is 0 Å². The Labute approximate surface area is 86.3 Å². The molecule has 0 aromatic carbocycles. The van der Waals surface area contributed by atoms with Gasteiger partial charge in [-0.15, -0.1) is 0 Å². The average molecular weight is 192 g/mol. The summed E-state index contributed by atoms with van der Waals surface area (Å²) in [5.41, 5.74) is 1.66. The SMILES string of the molecule is CCc1cnn(C2(C)CCCCC2)c1. The molecule has 1 aliphatic carbocycles. The van der Waals surface area contributed by atoms with E-state index in [2.05, 4.69) is 29.8 Å². The maximum atomic E-state index is 4.50. The van der Waals surface area contributed by atoms with Crippen LogP contribution in [0.5, 0.6) is 0 Å². The van der Waals surface area contributed by atoms with Gasteiger partial charge >= 0.3 is 0 Å². The number of nitrogens with zero attached hydrogens (tertiary/aromatic N) is 2. The van der Waals surface area contributed by atoms with Crippen LogP contribution in [-0.4, -0.2) is 9.78 Å². The van der Waals surface area contributed by atoms with E-state index in [0.29, 0.717) is 5.54 Å². The van der Waals surface area contributed by atoms with Crippen LogP contribution in [0.25, 0.3) is 0 Å². The third-order valence-electron chi connectivity index (χ3n) is 3.53. The van der Waals surface area contributed by atoms with Gasteiger partial charge in [0.05, 0.1) is 11.7 Å². The van der Waals surface area contributed by atoms with Crippen LogP contribution in [0.15, 0.2) is 12.4 Å². The first-order valence-corrected chi connectivity index (χ1v) is 5.79. The second kappa shape index (κ2) is 3.76. The highest BCUT2D eigenvalue weighted by Crippen LogP contribution is 2.33. The number of aryl methyl sites for hydroxylation is 1. The molecule has 78 valence electrons. The summed E-state index contributed by atoms with van der Waals surface area (Å²) in [6.07, 6.45) is 12.0. The van der Waals surface area contributed by atoms with Crippen LogP contribution in [0.2, 0.25) is 0 Å². The van der Waals surface area contributed by atoms with E-state index in [1.165, 1.54) is 37.7 Å². The molecule has 0 bridgehead atoms. The molecule has 2 heteroatoms. The second-order valence-electron chi connectivity index (χ2n) is 4.70. The van der Waals surface area contributed by atoms with Gasteiger partial charge in [-0.1, -0.05) is 26.2 Å². The molecule has 2 rings (SSSR count). The first-order valence-electron chi connectivity index (χ1n) is 5.79. The summed E-state index contributed by atoms with van der Waals surface area (Å²) < 4.78 is 2.20. The Morgan fingerprint density at radius 2 is 2.07 bits per heavy atom. The van der Waals surface area contributed by atoms with Crippen LogP contribution in [-0.2, 0) is 12.0 Å². The van der Waals surface area contributed by atoms with Crippen molar-refractivity contribution in [2.24, 2.45) is 0 Å². The van der Waals surface area contributed by atoms with E-state index in [1.807, 2.05) is 6.20 Å². The molecule has 0 N–H and O–H groups in total. The minimum absolute atomic E-state index is 0.297. The third-order valence-corrected chi connectivity index (χ3v) is 3.53. The van der Waals surface area contributed by atoms with E-state index >= 15 is 0 Å². The van der Waals surface area contributed by atoms with Gasteiger partial charge in [0.15, 0.2) is 0 Å². The smallest absolute Gasteiger partial charge is 0.0599 e. The van der Waals surface area contributed by atoms with E-state index in [0.717, 1.165) is 6.42 Å². The summed E-state index contributed by atoms with van der Waals surface area (Å²) in [7, 11) is 0. The quantitative estimate of drug-likeness (QED) is 0.704. The van der Waals surface area contributed by atoms with E-state index in [9.17, 15) is 0 Å². The highest BCUT2D eigenvalue weighted by atomic mass is 15.3. The standard InChI is InChI=1S/C12H20N2/c1-3-11-9-13-14(10-11)12(2)7-5-4-6-8-12/h9-10H,3-8H2,1-2H3. The highest BCUT2D eigenvalue weighted by molar-refractivity contribution is 5.05. The third kappa shape index (κ3) is 1.70. The number of aromatic nitrogens is 2. The van der Waals surface area contributed by atoms with Crippen LogP contribution < -0.4 is 0 Å². The van der Waals surface area contributed by atoms with Crippen molar-refractivity contribution in [3.63, 3.8) is 0 Å². The van der Waals surface area contributed by atoms with Crippen LogP contribution in [0.4, 0.5) is 0 Å².